The lowest BCUT2D eigenvalue weighted by molar-refractivity contribution is 0.606. The van der Waals surface area contributed by atoms with Crippen LogP contribution in [0.5, 0.6) is 0 Å². The molecule has 0 aliphatic rings. The van der Waals surface area contributed by atoms with E-state index < -0.39 is 0 Å². The van der Waals surface area contributed by atoms with Crippen molar-refractivity contribution in [2.75, 3.05) is 6.54 Å². The van der Waals surface area contributed by atoms with Crippen molar-refractivity contribution in [1.29, 1.82) is 0 Å². The fraction of sp³-hybridized carbons (Fsp3) is 0.286. The average Bonchev–Trinajstić information content (AvgIpc) is 2.79. The van der Waals surface area contributed by atoms with Crippen molar-refractivity contribution in [2.45, 2.75) is 19.4 Å². The summed E-state index contributed by atoms with van der Waals surface area (Å²) >= 11 is 17.9. The number of hydrogen-bond donors (Lipinski definition) is 1. The third-order valence-electron chi connectivity index (χ3n) is 2.77. The van der Waals surface area contributed by atoms with Crippen molar-refractivity contribution in [2.24, 2.45) is 0 Å². The third kappa shape index (κ3) is 3.73. The van der Waals surface area contributed by atoms with Crippen LogP contribution < -0.4 is 5.32 Å². The molecule has 5 heteroatoms. The molecular formula is C14H14BrCl2NS. The lowest BCUT2D eigenvalue weighted by atomic mass is 10.0. The molecule has 2 aromatic rings. The molecule has 102 valence electrons. The van der Waals surface area contributed by atoms with E-state index in [2.05, 4.69) is 34.2 Å². The van der Waals surface area contributed by atoms with Crippen LogP contribution in [0, 0.1) is 0 Å². The summed E-state index contributed by atoms with van der Waals surface area (Å²) in [6.07, 6.45) is 1.06. The van der Waals surface area contributed by atoms with Gasteiger partial charge in [0.05, 0.1) is 9.83 Å². The Kier molecular flexibility index (Phi) is 5.72. The van der Waals surface area contributed by atoms with Gasteiger partial charge in [-0.25, -0.2) is 0 Å². The molecule has 0 saturated heterocycles. The van der Waals surface area contributed by atoms with Crippen LogP contribution >= 0.6 is 50.5 Å². The molecule has 0 aliphatic heterocycles. The summed E-state index contributed by atoms with van der Waals surface area (Å²) in [4.78, 5) is 1.20. The predicted molar refractivity (Wildman–Crippen MR) is 88.6 cm³/mol. The van der Waals surface area contributed by atoms with Gasteiger partial charge in [-0.3, -0.25) is 0 Å². The summed E-state index contributed by atoms with van der Waals surface area (Å²) in [5.41, 5.74) is 0.952. The van der Waals surface area contributed by atoms with Gasteiger partial charge in [0.15, 0.2) is 0 Å². The molecule has 1 N–H and O–H groups in total. The molecule has 1 aromatic carbocycles. The van der Waals surface area contributed by atoms with Crippen LogP contribution in [0.1, 0.15) is 29.8 Å². The first kappa shape index (κ1) is 15.3. The largest absolute Gasteiger partial charge is 0.306 e. The Morgan fingerprint density at radius 3 is 2.42 bits per heavy atom. The molecular weight excluding hydrogens is 365 g/mol. The molecule has 1 aromatic heterocycles. The van der Waals surface area contributed by atoms with Gasteiger partial charge in [-0.1, -0.05) is 36.2 Å². The maximum absolute atomic E-state index is 6.33. The molecule has 0 amide bonds. The molecule has 0 bridgehead atoms. The first-order chi connectivity index (χ1) is 9.13. The molecule has 2 rings (SSSR count). The molecule has 0 radical (unpaired) electrons. The maximum atomic E-state index is 6.33. The van der Waals surface area contributed by atoms with E-state index in [4.69, 9.17) is 23.2 Å². The fourth-order valence-corrected chi connectivity index (χ4v) is 4.03. The Morgan fingerprint density at radius 2 is 1.89 bits per heavy atom. The summed E-state index contributed by atoms with van der Waals surface area (Å²) in [5.74, 6) is 0. The molecule has 1 atom stereocenters. The van der Waals surface area contributed by atoms with Gasteiger partial charge in [-0.2, -0.15) is 0 Å². The first-order valence-electron chi connectivity index (χ1n) is 6.06. The smallest absolute Gasteiger partial charge is 0.0702 e. The second-order valence-corrected chi connectivity index (χ2v) is 7.47. The second-order valence-electron chi connectivity index (χ2n) is 4.16. The van der Waals surface area contributed by atoms with Gasteiger partial charge in [-0.15, -0.1) is 11.3 Å². The van der Waals surface area contributed by atoms with Crippen molar-refractivity contribution >= 4 is 50.5 Å². The van der Waals surface area contributed by atoms with Crippen molar-refractivity contribution < 1.29 is 0 Å². The Labute approximate surface area is 136 Å². The Morgan fingerprint density at radius 1 is 1.21 bits per heavy atom. The monoisotopic (exact) mass is 377 g/mol. The number of benzene rings is 1. The minimum Gasteiger partial charge on any atom is -0.306 e. The number of thiophene rings is 1. The van der Waals surface area contributed by atoms with Crippen LogP contribution in [0.2, 0.25) is 10.0 Å². The topological polar surface area (TPSA) is 12.0 Å². The zero-order valence-corrected chi connectivity index (χ0v) is 14.3. The lowest BCUT2D eigenvalue weighted by Gasteiger charge is -2.20. The van der Waals surface area contributed by atoms with E-state index in [1.54, 1.807) is 11.3 Å². The summed E-state index contributed by atoms with van der Waals surface area (Å²) in [6, 6.07) is 9.82. The number of rotatable bonds is 5. The minimum absolute atomic E-state index is 0.0393. The highest BCUT2D eigenvalue weighted by Crippen LogP contribution is 2.37. The van der Waals surface area contributed by atoms with Crippen molar-refractivity contribution in [3.05, 3.63) is 54.6 Å². The Balaban J connectivity index is 2.42. The van der Waals surface area contributed by atoms with E-state index in [1.165, 1.54) is 4.88 Å². The summed E-state index contributed by atoms with van der Waals surface area (Å²) in [6.45, 7) is 3.06. The van der Waals surface area contributed by atoms with Crippen LogP contribution in [0.25, 0.3) is 0 Å². The molecule has 0 fully saturated rings. The van der Waals surface area contributed by atoms with Gasteiger partial charge in [0, 0.05) is 20.5 Å². The quantitative estimate of drug-likeness (QED) is 0.682. The summed E-state index contributed by atoms with van der Waals surface area (Å²) in [5, 5.41) is 4.92. The predicted octanol–water partition coefficient (Wildman–Crippen LogP) is 5.91. The zero-order valence-electron chi connectivity index (χ0n) is 10.4. The molecule has 1 heterocycles. The SMILES string of the molecule is CCCNC(c1ccc(Br)s1)c1c(Cl)cccc1Cl. The van der Waals surface area contributed by atoms with Gasteiger partial charge in [-0.05, 0) is 53.2 Å². The molecule has 0 aliphatic carbocycles. The van der Waals surface area contributed by atoms with Gasteiger partial charge < -0.3 is 5.32 Å². The Hall–Kier alpha value is -0.0600. The van der Waals surface area contributed by atoms with Crippen LogP contribution in [0.4, 0.5) is 0 Å². The highest BCUT2D eigenvalue weighted by atomic mass is 79.9. The van der Waals surface area contributed by atoms with E-state index in [-0.39, 0.29) is 6.04 Å². The standard InChI is InChI=1S/C14H14BrCl2NS/c1-2-8-18-14(11-6-7-12(15)19-11)13-9(16)4-3-5-10(13)17/h3-7,14,18H,2,8H2,1H3. The molecule has 0 saturated carbocycles. The van der Waals surface area contributed by atoms with Gasteiger partial charge in [0.25, 0.3) is 0 Å². The highest BCUT2D eigenvalue weighted by Gasteiger charge is 2.20. The van der Waals surface area contributed by atoms with Crippen LogP contribution in [-0.4, -0.2) is 6.54 Å². The third-order valence-corrected chi connectivity index (χ3v) is 5.11. The van der Waals surface area contributed by atoms with Gasteiger partial charge in [0.2, 0.25) is 0 Å². The second kappa shape index (κ2) is 7.09. The Bertz CT molecular complexity index is 536. The normalized spacial score (nSPS) is 12.6. The minimum atomic E-state index is 0.0393. The van der Waals surface area contributed by atoms with E-state index in [9.17, 15) is 0 Å². The lowest BCUT2D eigenvalue weighted by Crippen LogP contribution is -2.23. The van der Waals surface area contributed by atoms with E-state index >= 15 is 0 Å². The van der Waals surface area contributed by atoms with Gasteiger partial charge in [0.1, 0.15) is 0 Å². The first-order valence-corrected chi connectivity index (χ1v) is 8.42. The van der Waals surface area contributed by atoms with Crippen LogP contribution in [0.3, 0.4) is 0 Å². The van der Waals surface area contributed by atoms with Crippen molar-refractivity contribution in [3.63, 3.8) is 0 Å². The number of nitrogens with one attached hydrogen (secondary N) is 1. The zero-order chi connectivity index (χ0) is 13.8. The summed E-state index contributed by atoms with van der Waals surface area (Å²) in [7, 11) is 0. The summed E-state index contributed by atoms with van der Waals surface area (Å²) < 4.78 is 1.11. The van der Waals surface area contributed by atoms with Crippen LogP contribution in [0.15, 0.2) is 34.1 Å². The van der Waals surface area contributed by atoms with Gasteiger partial charge >= 0.3 is 0 Å². The van der Waals surface area contributed by atoms with Crippen LogP contribution in [-0.2, 0) is 0 Å². The maximum Gasteiger partial charge on any atom is 0.0702 e. The van der Waals surface area contributed by atoms with Crippen molar-refractivity contribution in [3.8, 4) is 0 Å². The molecule has 19 heavy (non-hydrogen) atoms. The molecule has 1 nitrogen and oxygen atoms in total. The fourth-order valence-electron chi connectivity index (χ4n) is 1.90. The van der Waals surface area contributed by atoms with Crippen molar-refractivity contribution in [1.82, 2.24) is 5.32 Å². The average molecular weight is 379 g/mol. The van der Waals surface area contributed by atoms with E-state index in [0.717, 1.165) is 22.3 Å². The molecule has 1 unspecified atom stereocenters. The number of hydrogen-bond acceptors (Lipinski definition) is 2. The number of halogens is 3. The van der Waals surface area contributed by atoms with E-state index in [1.807, 2.05) is 24.3 Å². The van der Waals surface area contributed by atoms with E-state index in [0.29, 0.717) is 10.0 Å². The molecule has 0 spiro atoms. The highest BCUT2D eigenvalue weighted by molar-refractivity contribution is 9.11.